The Morgan fingerprint density at radius 1 is 1.14 bits per heavy atom. The highest BCUT2D eigenvalue weighted by Crippen LogP contribution is 2.47. The molecular formula is C27H37NO8. The van der Waals surface area contributed by atoms with Crippen LogP contribution in [0.2, 0.25) is 0 Å². The van der Waals surface area contributed by atoms with Gasteiger partial charge in [-0.05, 0) is 63.1 Å². The fraction of sp³-hybridized carbons (Fsp3) is 0.556. The molecular weight excluding hydrogens is 466 g/mol. The van der Waals surface area contributed by atoms with Gasteiger partial charge in [0.05, 0.1) is 13.2 Å². The van der Waals surface area contributed by atoms with Gasteiger partial charge < -0.3 is 24.8 Å². The van der Waals surface area contributed by atoms with Gasteiger partial charge in [-0.1, -0.05) is 48.7 Å². The van der Waals surface area contributed by atoms with Crippen molar-refractivity contribution in [3.8, 4) is 11.5 Å². The first-order chi connectivity index (χ1) is 17.2. The minimum atomic E-state index is -1.74. The lowest BCUT2D eigenvalue weighted by Gasteiger charge is -2.32. The number of nitroso groups, excluding NO2 is 1. The van der Waals surface area contributed by atoms with Crippen LogP contribution < -0.4 is 9.47 Å². The number of carbonyl (C=O) groups excluding carboxylic acids is 2. The van der Waals surface area contributed by atoms with E-state index in [0.29, 0.717) is 12.0 Å². The largest absolute Gasteiger partial charge is 0.424 e. The summed E-state index contributed by atoms with van der Waals surface area (Å²) in [6.45, 7) is 8.44. The molecule has 0 unspecified atom stereocenters. The molecule has 0 saturated carbocycles. The van der Waals surface area contributed by atoms with E-state index in [-0.39, 0.29) is 23.3 Å². The summed E-state index contributed by atoms with van der Waals surface area (Å²) in [6, 6.07) is 1.75. The van der Waals surface area contributed by atoms with Crippen LogP contribution in [0.1, 0.15) is 69.9 Å². The maximum absolute atomic E-state index is 12.7. The molecule has 0 aliphatic heterocycles. The van der Waals surface area contributed by atoms with Gasteiger partial charge in [0.25, 0.3) is 0 Å². The molecule has 1 aliphatic rings. The van der Waals surface area contributed by atoms with Crippen LogP contribution in [0.3, 0.4) is 0 Å². The van der Waals surface area contributed by atoms with Crippen LogP contribution in [-0.2, 0) is 16.0 Å². The summed E-state index contributed by atoms with van der Waals surface area (Å²) in [7, 11) is 0. The number of hydrogen-bond donors (Lipinski definition) is 3. The predicted octanol–water partition coefficient (Wildman–Crippen LogP) is 3.73. The Bertz CT molecular complexity index is 986. The molecule has 0 fully saturated rings. The molecule has 4 atom stereocenters. The third-order valence-electron chi connectivity index (χ3n) is 6.38. The highest BCUT2D eigenvalue weighted by molar-refractivity contribution is 5.80. The van der Waals surface area contributed by atoms with Gasteiger partial charge in [-0.3, -0.25) is 0 Å². The number of aliphatic hydroxyl groups excluding tert-OH is 3. The highest BCUT2D eigenvalue weighted by atomic mass is 16.6. The van der Waals surface area contributed by atoms with Crippen molar-refractivity contribution >= 4 is 11.9 Å². The summed E-state index contributed by atoms with van der Waals surface area (Å²) in [4.78, 5) is 36.2. The molecule has 1 aromatic carbocycles. The molecule has 9 heteroatoms. The van der Waals surface area contributed by atoms with Crippen LogP contribution in [0.4, 0.5) is 0 Å². The van der Waals surface area contributed by atoms with E-state index in [0.717, 1.165) is 48.8 Å². The minimum Gasteiger partial charge on any atom is -0.424 e. The molecule has 0 amide bonds. The van der Waals surface area contributed by atoms with E-state index >= 15 is 0 Å². The first-order valence-corrected chi connectivity index (χ1v) is 12.3. The standard InChI is InChI=1S/C27H37NO8/c1-5-6-7-8-18-12-23(35-26(32)21(14-29)28-34)25(24(13-18)36-27(33)22(31)15-30)20-11-17(4)9-10-19(20)16(2)3/h11-13,19-22,29-31H,2,5-10,14-15H2,1,3-4H3/t19-,20+,21-,22-/m0/s1. The first-order valence-electron chi connectivity index (χ1n) is 12.3. The van der Waals surface area contributed by atoms with Crippen LogP contribution in [0, 0.1) is 10.8 Å². The zero-order valence-corrected chi connectivity index (χ0v) is 21.2. The van der Waals surface area contributed by atoms with E-state index in [1.807, 2.05) is 19.9 Å². The summed E-state index contributed by atoms with van der Waals surface area (Å²) in [5.74, 6) is -2.35. The van der Waals surface area contributed by atoms with Crippen molar-refractivity contribution in [2.24, 2.45) is 11.1 Å². The quantitative estimate of drug-likeness (QED) is 0.121. The van der Waals surface area contributed by atoms with Crippen molar-refractivity contribution in [2.75, 3.05) is 13.2 Å². The SMILES string of the molecule is C=C(C)[C@@H]1CCC(C)=C[C@H]1c1c(OC(=O)[C@H](CO)N=O)cc(CCCCC)cc1OC(=O)[C@@H](O)CO. The van der Waals surface area contributed by atoms with Crippen molar-refractivity contribution in [2.45, 2.75) is 77.4 Å². The molecule has 9 nitrogen and oxygen atoms in total. The highest BCUT2D eigenvalue weighted by Gasteiger charge is 2.34. The zero-order chi connectivity index (χ0) is 26.8. The Kier molecular flexibility index (Phi) is 11.4. The number of aryl methyl sites for hydroxylation is 1. The number of nitrogens with zero attached hydrogens (tertiary/aromatic N) is 1. The number of hydrogen-bond acceptors (Lipinski definition) is 9. The second kappa shape index (κ2) is 14.0. The van der Waals surface area contributed by atoms with Crippen molar-refractivity contribution < 1.29 is 34.4 Å². The zero-order valence-electron chi connectivity index (χ0n) is 21.2. The normalized spacial score (nSPS) is 19.1. The number of benzene rings is 1. The molecule has 2 rings (SSSR count). The summed E-state index contributed by atoms with van der Waals surface area (Å²) < 4.78 is 11.2. The summed E-state index contributed by atoms with van der Waals surface area (Å²) in [5, 5.41) is 31.1. The molecule has 198 valence electrons. The Balaban J connectivity index is 2.74. The van der Waals surface area contributed by atoms with Gasteiger partial charge in [-0.15, -0.1) is 4.91 Å². The first kappa shape index (κ1) is 29.4. The molecule has 0 bridgehead atoms. The maximum atomic E-state index is 12.7. The molecule has 36 heavy (non-hydrogen) atoms. The smallest absolute Gasteiger partial charge is 0.342 e. The molecule has 0 aromatic heterocycles. The van der Waals surface area contributed by atoms with Gasteiger partial charge in [0.2, 0.25) is 6.04 Å². The Morgan fingerprint density at radius 3 is 2.31 bits per heavy atom. The van der Waals surface area contributed by atoms with Crippen LogP contribution in [0.15, 0.2) is 41.1 Å². The fourth-order valence-electron chi connectivity index (χ4n) is 4.36. The molecule has 1 aliphatic carbocycles. The Labute approximate surface area is 211 Å². The van der Waals surface area contributed by atoms with Gasteiger partial charge in [0, 0.05) is 11.5 Å². The van der Waals surface area contributed by atoms with Gasteiger partial charge in [-0.25, -0.2) is 9.59 Å². The fourth-order valence-corrected chi connectivity index (χ4v) is 4.36. The number of carbonyl (C=O) groups is 2. The predicted molar refractivity (Wildman–Crippen MR) is 135 cm³/mol. The van der Waals surface area contributed by atoms with E-state index in [2.05, 4.69) is 18.7 Å². The number of esters is 2. The van der Waals surface area contributed by atoms with Crippen molar-refractivity contribution in [1.29, 1.82) is 0 Å². The number of ether oxygens (including phenoxy) is 2. The van der Waals surface area contributed by atoms with Crippen molar-refractivity contribution in [1.82, 2.24) is 0 Å². The topological polar surface area (TPSA) is 143 Å². The number of aliphatic hydroxyl groups is 3. The van der Waals surface area contributed by atoms with Gasteiger partial charge in [-0.2, -0.15) is 0 Å². The molecule has 1 aromatic rings. The molecule has 0 spiro atoms. The maximum Gasteiger partial charge on any atom is 0.342 e. The van der Waals surface area contributed by atoms with Gasteiger partial charge in [0.1, 0.15) is 11.5 Å². The number of allylic oxidation sites excluding steroid dienone is 3. The lowest BCUT2D eigenvalue weighted by Crippen LogP contribution is -2.30. The van der Waals surface area contributed by atoms with E-state index in [1.54, 1.807) is 12.1 Å². The number of unbranched alkanes of at least 4 members (excludes halogenated alkanes) is 2. The summed E-state index contributed by atoms with van der Waals surface area (Å²) in [5.41, 5.74) is 3.09. The van der Waals surface area contributed by atoms with E-state index in [9.17, 15) is 29.8 Å². The summed E-state index contributed by atoms with van der Waals surface area (Å²) in [6.07, 6.45) is 5.26. The lowest BCUT2D eigenvalue weighted by molar-refractivity contribution is -0.145. The van der Waals surface area contributed by atoms with Crippen LogP contribution >= 0.6 is 0 Å². The van der Waals surface area contributed by atoms with Crippen molar-refractivity contribution in [3.63, 3.8) is 0 Å². The number of rotatable bonds is 13. The van der Waals surface area contributed by atoms with E-state index in [1.165, 1.54) is 0 Å². The minimum absolute atomic E-state index is 0.0601. The monoisotopic (exact) mass is 503 g/mol. The molecule has 0 saturated heterocycles. The average molecular weight is 504 g/mol. The molecule has 0 radical (unpaired) electrons. The second-order valence-electron chi connectivity index (χ2n) is 9.34. The van der Waals surface area contributed by atoms with Crippen LogP contribution in [0.25, 0.3) is 0 Å². The van der Waals surface area contributed by atoms with Crippen LogP contribution in [0.5, 0.6) is 11.5 Å². The van der Waals surface area contributed by atoms with Crippen molar-refractivity contribution in [3.05, 3.63) is 52.0 Å². The van der Waals surface area contributed by atoms with E-state index < -0.39 is 37.3 Å². The second-order valence-corrected chi connectivity index (χ2v) is 9.34. The van der Waals surface area contributed by atoms with Gasteiger partial charge >= 0.3 is 11.9 Å². The Morgan fingerprint density at radius 2 is 1.78 bits per heavy atom. The lowest BCUT2D eigenvalue weighted by atomic mass is 9.73. The third kappa shape index (κ3) is 7.56. The van der Waals surface area contributed by atoms with E-state index in [4.69, 9.17) is 9.47 Å². The van der Waals surface area contributed by atoms with Crippen LogP contribution in [-0.4, -0.2) is 52.6 Å². The molecule has 3 N–H and O–H groups in total. The third-order valence-corrected chi connectivity index (χ3v) is 6.38. The molecule has 0 heterocycles. The van der Waals surface area contributed by atoms with Gasteiger partial charge in [0.15, 0.2) is 6.10 Å². The Hall–Kier alpha value is -2.88. The average Bonchev–Trinajstić information content (AvgIpc) is 2.84. The summed E-state index contributed by atoms with van der Waals surface area (Å²) >= 11 is 0.